The molecule has 0 saturated heterocycles. The maximum atomic E-state index is 12.6. The third-order valence-corrected chi connectivity index (χ3v) is 5.33. The Morgan fingerprint density at radius 1 is 1.07 bits per heavy atom. The van der Waals surface area contributed by atoms with Crippen LogP contribution in [0.4, 0.5) is 8.78 Å². The Bertz CT molecular complexity index is 1120. The number of aliphatic imine (C=N–C) groups is 1. The van der Waals surface area contributed by atoms with Gasteiger partial charge in [-0.15, -0.1) is 0 Å². The molecule has 3 aromatic carbocycles. The number of nitrogens with zero attached hydrogens (tertiary/aromatic N) is 1. The predicted molar refractivity (Wildman–Crippen MR) is 113 cm³/mol. The van der Waals surface area contributed by atoms with E-state index < -0.39 is 12.2 Å². The normalized spacial score (nSPS) is 18.2. The van der Waals surface area contributed by atoms with Crippen LogP contribution in [-0.2, 0) is 10.3 Å². The molecule has 30 heavy (non-hydrogen) atoms. The van der Waals surface area contributed by atoms with Gasteiger partial charge in [0, 0.05) is 5.02 Å². The molecule has 4 rings (SSSR count). The molecule has 1 aliphatic heterocycles. The minimum absolute atomic E-state index is 0.0791. The molecule has 0 aliphatic carbocycles. The Morgan fingerprint density at radius 2 is 1.80 bits per heavy atom. The summed E-state index contributed by atoms with van der Waals surface area (Å²) in [6.45, 7) is -0.865. The number of amidine groups is 1. The molecule has 1 unspecified atom stereocenters. The van der Waals surface area contributed by atoms with E-state index in [1.807, 2.05) is 55.5 Å². The van der Waals surface area contributed by atoms with Gasteiger partial charge in [0.2, 0.25) is 0 Å². The SMILES string of the molecule is Cc1cc(OC(F)F)ccc1C1(c2cccc(-c3cccc(Cl)c3)c2)COC(N)=N1. The second kappa shape index (κ2) is 7.95. The molecule has 154 valence electrons. The summed E-state index contributed by atoms with van der Waals surface area (Å²) in [7, 11) is 0. The van der Waals surface area contributed by atoms with Crippen molar-refractivity contribution in [3.8, 4) is 16.9 Å². The van der Waals surface area contributed by atoms with Crippen LogP contribution in [0.3, 0.4) is 0 Å². The minimum atomic E-state index is -2.89. The Labute approximate surface area is 177 Å². The zero-order valence-corrected chi connectivity index (χ0v) is 16.9. The van der Waals surface area contributed by atoms with Crippen LogP contribution in [0.15, 0.2) is 71.7 Å². The van der Waals surface area contributed by atoms with Gasteiger partial charge in [0.25, 0.3) is 6.02 Å². The van der Waals surface area contributed by atoms with E-state index in [0.29, 0.717) is 5.02 Å². The third-order valence-electron chi connectivity index (χ3n) is 5.10. The van der Waals surface area contributed by atoms with Gasteiger partial charge in [-0.3, -0.25) is 0 Å². The van der Waals surface area contributed by atoms with E-state index in [2.05, 4.69) is 9.73 Å². The zero-order chi connectivity index (χ0) is 21.3. The number of nitrogens with two attached hydrogens (primary N) is 1. The number of alkyl halides is 2. The van der Waals surface area contributed by atoms with Crippen LogP contribution in [0.5, 0.6) is 5.75 Å². The highest BCUT2D eigenvalue weighted by Crippen LogP contribution is 2.41. The molecule has 2 N–H and O–H groups in total. The second-order valence-corrected chi connectivity index (χ2v) is 7.48. The lowest BCUT2D eigenvalue weighted by Gasteiger charge is -2.28. The van der Waals surface area contributed by atoms with Crippen LogP contribution in [0.1, 0.15) is 16.7 Å². The van der Waals surface area contributed by atoms with E-state index in [1.165, 1.54) is 6.07 Å². The van der Waals surface area contributed by atoms with Gasteiger partial charge in [-0.1, -0.05) is 48.0 Å². The number of rotatable bonds is 5. The van der Waals surface area contributed by atoms with Gasteiger partial charge in [0.05, 0.1) is 0 Å². The van der Waals surface area contributed by atoms with E-state index in [0.717, 1.165) is 27.8 Å². The van der Waals surface area contributed by atoms with Gasteiger partial charge in [-0.2, -0.15) is 8.78 Å². The maximum absolute atomic E-state index is 12.6. The third kappa shape index (κ3) is 3.83. The zero-order valence-electron chi connectivity index (χ0n) is 16.1. The van der Waals surface area contributed by atoms with Gasteiger partial charge < -0.3 is 15.2 Å². The average Bonchev–Trinajstić information content (AvgIpc) is 3.10. The highest BCUT2D eigenvalue weighted by atomic mass is 35.5. The van der Waals surface area contributed by atoms with Crippen LogP contribution >= 0.6 is 11.6 Å². The largest absolute Gasteiger partial charge is 0.462 e. The Morgan fingerprint density at radius 3 is 2.43 bits per heavy atom. The van der Waals surface area contributed by atoms with Crippen LogP contribution in [-0.4, -0.2) is 19.2 Å². The Balaban J connectivity index is 1.82. The van der Waals surface area contributed by atoms with Gasteiger partial charge >= 0.3 is 6.61 Å². The summed E-state index contributed by atoms with van der Waals surface area (Å²) in [6.07, 6.45) is 0. The molecule has 7 heteroatoms. The molecule has 0 saturated carbocycles. The molecule has 0 aromatic heterocycles. The molecule has 1 heterocycles. The summed E-state index contributed by atoms with van der Waals surface area (Å²) in [5.74, 6) is 0.0879. The molecule has 3 aromatic rings. The number of hydrogen-bond donors (Lipinski definition) is 1. The molecule has 1 aliphatic rings. The van der Waals surface area contributed by atoms with Crippen molar-refractivity contribution >= 4 is 17.6 Å². The van der Waals surface area contributed by atoms with E-state index >= 15 is 0 Å². The minimum Gasteiger partial charge on any atom is -0.462 e. The number of aryl methyl sites for hydroxylation is 1. The average molecular weight is 429 g/mol. The fourth-order valence-electron chi connectivity index (χ4n) is 3.77. The fraction of sp³-hybridized carbons (Fsp3) is 0.174. The topological polar surface area (TPSA) is 56.8 Å². The first kappa shape index (κ1) is 20.2. The first-order valence-corrected chi connectivity index (χ1v) is 9.66. The quantitative estimate of drug-likeness (QED) is 0.583. The second-order valence-electron chi connectivity index (χ2n) is 7.05. The van der Waals surface area contributed by atoms with Crippen molar-refractivity contribution in [2.75, 3.05) is 6.61 Å². The van der Waals surface area contributed by atoms with E-state index in [-0.39, 0.29) is 18.4 Å². The predicted octanol–water partition coefficient (Wildman–Crippen LogP) is 5.51. The number of halogens is 3. The smallest absolute Gasteiger partial charge is 0.387 e. The standard InChI is InChI=1S/C23H19ClF2N2O2/c1-14-10-19(30-21(25)26)8-9-20(14)23(13-29-22(27)28-23)17-6-2-4-15(11-17)16-5-3-7-18(24)12-16/h2-12,21H,13H2,1H3,(H2,27,28). The summed E-state index contributed by atoms with van der Waals surface area (Å²) in [4.78, 5) is 4.62. The van der Waals surface area contributed by atoms with E-state index in [1.54, 1.807) is 12.1 Å². The van der Waals surface area contributed by atoms with Crippen LogP contribution < -0.4 is 10.5 Å². The van der Waals surface area contributed by atoms with Crippen molar-refractivity contribution in [3.63, 3.8) is 0 Å². The number of benzene rings is 3. The number of hydrogen-bond acceptors (Lipinski definition) is 4. The molecule has 0 radical (unpaired) electrons. The first-order valence-electron chi connectivity index (χ1n) is 9.28. The van der Waals surface area contributed by atoms with Gasteiger partial charge in [-0.05, 0) is 65.1 Å². The summed E-state index contributed by atoms with van der Waals surface area (Å²) in [6, 6.07) is 20.3. The van der Waals surface area contributed by atoms with Crippen LogP contribution in [0, 0.1) is 6.92 Å². The molecule has 0 fully saturated rings. The highest BCUT2D eigenvalue weighted by Gasteiger charge is 2.41. The van der Waals surface area contributed by atoms with E-state index in [4.69, 9.17) is 22.1 Å². The van der Waals surface area contributed by atoms with Gasteiger partial charge in [0.15, 0.2) is 5.54 Å². The lowest BCUT2D eigenvalue weighted by Crippen LogP contribution is -2.28. The van der Waals surface area contributed by atoms with Crippen molar-refractivity contribution in [2.45, 2.75) is 19.1 Å². The molecule has 0 spiro atoms. The summed E-state index contributed by atoms with van der Waals surface area (Å²) < 4.78 is 35.2. The van der Waals surface area contributed by atoms with Crippen molar-refractivity contribution in [1.29, 1.82) is 0 Å². The molecular weight excluding hydrogens is 410 g/mol. The van der Waals surface area contributed by atoms with Gasteiger partial charge in [0.1, 0.15) is 12.4 Å². The molecule has 0 amide bonds. The first-order chi connectivity index (χ1) is 14.4. The summed E-state index contributed by atoms with van der Waals surface area (Å²) >= 11 is 6.15. The van der Waals surface area contributed by atoms with Crippen molar-refractivity contribution in [3.05, 3.63) is 88.4 Å². The highest BCUT2D eigenvalue weighted by molar-refractivity contribution is 6.30. The molecule has 1 atom stereocenters. The monoisotopic (exact) mass is 428 g/mol. The Hall–Kier alpha value is -3.12. The lowest BCUT2D eigenvalue weighted by atomic mass is 9.81. The molecule has 4 nitrogen and oxygen atoms in total. The van der Waals surface area contributed by atoms with Gasteiger partial charge in [-0.25, -0.2) is 4.99 Å². The molecule has 0 bridgehead atoms. The summed E-state index contributed by atoms with van der Waals surface area (Å²) in [5.41, 5.74) is 9.32. The summed E-state index contributed by atoms with van der Waals surface area (Å²) in [5, 5.41) is 0.643. The lowest BCUT2D eigenvalue weighted by molar-refractivity contribution is -0.0498. The maximum Gasteiger partial charge on any atom is 0.387 e. The van der Waals surface area contributed by atoms with Crippen LogP contribution in [0.25, 0.3) is 11.1 Å². The van der Waals surface area contributed by atoms with Crippen molar-refractivity contribution in [2.24, 2.45) is 10.7 Å². The molecular formula is C23H19ClF2N2O2. The fourth-order valence-corrected chi connectivity index (χ4v) is 3.96. The van der Waals surface area contributed by atoms with Crippen molar-refractivity contribution < 1.29 is 18.3 Å². The number of ether oxygens (including phenoxy) is 2. The Kier molecular flexibility index (Phi) is 5.35. The van der Waals surface area contributed by atoms with Crippen LogP contribution in [0.2, 0.25) is 5.02 Å². The van der Waals surface area contributed by atoms with E-state index in [9.17, 15) is 8.78 Å². The van der Waals surface area contributed by atoms with Crippen molar-refractivity contribution in [1.82, 2.24) is 0 Å².